The first-order valence-corrected chi connectivity index (χ1v) is 8.58. The van der Waals surface area contributed by atoms with E-state index in [0.29, 0.717) is 18.4 Å². The summed E-state index contributed by atoms with van der Waals surface area (Å²) < 4.78 is 25.9. The molecular formula is C15H18N2O3S. The monoisotopic (exact) mass is 306 g/mol. The van der Waals surface area contributed by atoms with E-state index in [4.69, 9.17) is 0 Å². The van der Waals surface area contributed by atoms with Crippen molar-refractivity contribution in [3.63, 3.8) is 0 Å². The molecule has 0 amide bonds. The zero-order valence-corrected chi connectivity index (χ0v) is 12.7. The smallest absolute Gasteiger partial charge is 0.178 e. The normalized spacial score (nSPS) is 23.7. The molecule has 1 atom stereocenters. The molecule has 1 aliphatic heterocycles. The van der Waals surface area contributed by atoms with Crippen LogP contribution in [0.3, 0.4) is 0 Å². The lowest BCUT2D eigenvalue weighted by Crippen LogP contribution is -2.35. The Hall–Kier alpha value is -1.66. The maximum absolute atomic E-state index is 12.1. The van der Waals surface area contributed by atoms with E-state index in [0.717, 1.165) is 5.56 Å². The summed E-state index contributed by atoms with van der Waals surface area (Å²) in [7, 11) is -1.42. The lowest BCUT2D eigenvalue weighted by molar-refractivity contribution is 0.0193. The van der Waals surface area contributed by atoms with Gasteiger partial charge in [0.25, 0.3) is 0 Å². The average Bonchev–Trinajstić information content (AvgIpc) is 2.88. The average molecular weight is 306 g/mol. The lowest BCUT2D eigenvalue weighted by atomic mass is 9.85. The first-order chi connectivity index (χ1) is 9.91. The first-order valence-electron chi connectivity index (χ1n) is 6.93. The number of rotatable bonds is 3. The van der Waals surface area contributed by atoms with Crippen LogP contribution in [0.1, 0.15) is 24.0 Å². The van der Waals surface area contributed by atoms with Crippen molar-refractivity contribution in [2.24, 2.45) is 7.05 Å². The van der Waals surface area contributed by atoms with Crippen LogP contribution in [0.4, 0.5) is 0 Å². The second kappa shape index (κ2) is 4.96. The molecule has 5 nitrogen and oxygen atoms in total. The molecule has 0 saturated heterocycles. The van der Waals surface area contributed by atoms with Gasteiger partial charge in [-0.25, -0.2) is 8.42 Å². The quantitative estimate of drug-likeness (QED) is 0.931. The predicted octanol–water partition coefficient (Wildman–Crippen LogP) is 1.42. The number of hydrogen-bond donors (Lipinski definition) is 1. The van der Waals surface area contributed by atoms with Crippen molar-refractivity contribution in [1.29, 1.82) is 0 Å². The van der Waals surface area contributed by atoms with Crippen LogP contribution in [-0.2, 0) is 28.9 Å². The molecule has 1 aromatic heterocycles. The van der Waals surface area contributed by atoms with Crippen LogP contribution in [0.25, 0.3) is 0 Å². The van der Waals surface area contributed by atoms with Gasteiger partial charge in [-0.05, 0) is 30.9 Å². The van der Waals surface area contributed by atoms with Crippen molar-refractivity contribution >= 4 is 9.84 Å². The Labute approximate surface area is 124 Å². The molecule has 0 bridgehead atoms. The van der Waals surface area contributed by atoms with E-state index in [1.165, 1.54) is 0 Å². The van der Waals surface area contributed by atoms with Crippen molar-refractivity contribution in [3.8, 4) is 0 Å². The van der Waals surface area contributed by atoms with Crippen molar-refractivity contribution < 1.29 is 13.5 Å². The lowest BCUT2D eigenvalue weighted by Gasteiger charge is -2.34. The molecular weight excluding hydrogens is 288 g/mol. The molecule has 0 radical (unpaired) electrons. The number of sulfone groups is 1. The molecule has 3 rings (SSSR count). The topological polar surface area (TPSA) is 72.2 Å². The molecule has 6 heteroatoms. The van der Waals surface area contributed by atoms with E-state index >= 15 is 0 Å². The van der Waals surface area contributed by atoms with Gasteiger partial charge in [0.1, 0.15) is 0 Å². The van der Waals surface area contributed by atoms with Gasteiger partial charge in [-0.1, -0.05) is 18.2 Å². The SMILES string of the molecule is Cn1cc(CCC2(O)CCS(=O)(=O)c3ccccc32)cn1. The number of aliphatic hydroxyl groups is 1. The molecule has 0 aliphatic carbocycles. The first kappa shape index (κ1) is 14.3. The Bertz CT molecular complexity index is 767. The molecule has 1 unspecified atom stereocenters. The molecule has 2 heterocycles. The minimum Gasteiger partial charge on any atom is -0.385 e. The Kier molecular flexibility index (Phi) is 3.37. The van der Waals surface area contributed by atoms with Crippen LogP contribution in [-0.4, -0.2) is 29.1 Å². The Morgan fingerprint density at radius 1 is 1.38 bits per heavy atom. The number of aromatic nitrogens is 2. The van der Waals surface area contributed by atoms with Crippen molar-refractivity contribution in [2.75, 3.05) is 5.75 Å². The van der Waals surface area contributed by atoms with Gasteiger partial charge in [-0.3, -0.25) is 4.68 Å². The van der Waals surface area contributed by atoms with Gasteiger partial charge in [0.15, 0.2) is 9.84 Å². The highest BCUT2D eigenvalue weighted by Gasteiger charge is 2.40. The van der Waals surface area contributed by atoms with Crippen molar-refractivity contribution in [1.82, 2.24) is 9.78 Å². The highest BCUT2D eigenvalue weighted by Crippen LogP contribution is 2.39. The summed E-state index contributed by atoms with van der Waals surface area (Å²) in [6.07, 6.45) is 5.08. The molecule has 0 saturated carbocycles. The molecule has 0 spiro atoms. The molecule has 112 valence electrons. The highest BCUT2D eigenvalue weighted by molar-refractivity contribution is 7.91. The van der Waals surface area contributed by atoms with E-state index in [9.17, 15) is 13.5 Å². The summed E-state index contributed by atoms with van der Waals surface area (Å²) in [5.41, 5.74) is 0.481. The van der Waals surface area contributed by atoms with Crippen LogP contribution < -0.4 is 0 Å². The third kappa shape index (κ3) is 2.61. The minimum absolute atomic E-state index is 0.00640. The summed E-state index contributed by atoms with van der Waals surface area (Å²) in [6.45, 7) is 0. The van der Waals surface area contributed by atoms with Gasteiger partial charge in [0.2, 0.25) is 0 Å². The summed E-state index contributed by atoms with van der Waals surface area (Å²) >= 11 is 0. The molecule has 1 N–H and O–H groups in total. The molecule has 21 heavy (non-hydrogen) atoms. The molecule has 1 aromatic carbocycles. The summed E-state index contributed by atoms with van der Waals surface area (Å²) in [6, 6.07) is 6.77. The van der Waals surface area contributed by atoms with E-state index in [-0.39, 0.29) is 17.1 Å². The van der Waals surface area contributed by atoms with Crippen LogP contribution in [0, 0.1) is 0 Å². The van der Waals surface area contributed by atoms with E-state index in [1.54, 1.807) is 35.1 Å². The zero-order valence-electron chi connectivity index (χ0n) is 11.9. The number of fused-ring (bicyclic) bond motifs is 1. The van der Waals surface area contributed by atoms with Crippen LogP contribution >= 0.6 is 0 Å². The standard InChI is InChI=1S/C15H18N2O3S/c1-17-11-12(10-16-17)6-7-15(18)8-9-21(19,20)14-5-3-2-4-13(14)15/h2-5,10-11,18H,6-9H2,1H3. The van der Waals surface area contributed by atoms with Crippen LogP contribution in [0.15, 0.2) is 41.6 Å². The fraction of sp³-hybridized carbons (Fsp3) is 0.400. The van der Waals surface area contributed by atoms with E-state index in [1.807, 2.05) is 13.2 Å². The van der Waals surface area contributed by atoms with E-state index in [2.05, 4.69) is 5.10 Å². The minimum atomic E-state index is -3.27. The summed E-state index contributed by atoms with van der Waals surface area (Å²) in [5.74, 6) is -0.00640. The number of hydrogen-bond acceptors (Lipinski definition) is 4. The van der Waals surface area contributed by atoms with Crippen LogP contribution in [0.2, 0.25) is 0 Å². The Balaban J connectivity index is 1.91. The molecule has 2 aromatic rings. The largest absolute Gasteiger partial charge is 0.385 e. The van der Waals surface area contributed by atoms with Gasteiger partial charge in [0.05, 0.1) is 22.4 Å². The third-order valence-electron chi connectivity index (χ3n) is 4.09. The van der Waals surface area contributed by atoms with Gasteiger partial charge in [0, 0.05) is 18.8 Å². The van der Waals surface area contributed by atoms with Crippen molar-refractivity contribution in [2.45, 2.75) is 29.8 Å². The predicted molar refractivity (Wildman–Crippen MR) is 78.5 cm³/mol. The zero-order chi connectivity index (χ0) is 15.1. The van der Waals surface area contributed by atoms with E-state index < -0.39 is 15.4 Å². The number of nitrogens with zero attached hydrogens (tertiary/aromatic N) is 2. The maximum Gasteiger partial charge on any atom is 0.178 e. The fourth-order valence-corrected chi connectivity index (χ4v) is 4.59. The van der Waals surface area contributed by atoms with Gasteiger partial charge in [-0.2, -0.15) is 5.10 Å². The van der Waals surface area contributed by atoms with Gasteiger partial charge < -0.3 is 5.11 Å². The number of aryl methyl sites for hydroxylation is 2. The van der Waals surface area contributed by atoms with Crippen LogP contribution in [0.5, 0.6) is 0 Å². The second-order valence-corrected chi connectivity index (χ2v) is 7.70. The molecule has 0 fully saturated rings. The summed E-state index contributed by atoms with van der Waals surface area (Å²) in [5, 5.41) is 15.0. The summed E-state index contributed by atoms with van der Waals surface area (Å²) in [4.78, 5) is 0.268. The Morgan fingerprint density at radius 2 is 2.14 bits per heavy atom. The highest BCUT2D eigenvalue weighted by atomic mass is 32.2. The number of benzene rings is 1. The molecule has 1 aliphatic rings. The van der Waals surface area contributed by atoms with Crippen molar-refractivity contribution in [3.05, 3.63) is 47.8 Å². The Morgan fingerprint density at radius 3 is 2.86 bits per heavy atom. The maximum atomic E-state index is 12.1. The second-order valence-electron chi connectivity index (χ2n) is 5.62. The van der Waals surface area contributed by atoms with Gasteiger partial charge >= 0.3 is 0 Å². The van der Waals surface area contributed by atoms with Gasteiger partial charge in [-0.15, -0.1) is 0 Å². The fourth-order valence-electron chi connectivity index (χ4n) is 2.88. The third-order valence-corrected chi connectivity index (χ3v) is 5.86.